The highest BCUT2D eigenvalue weighted by atomic mass is 19.4. The molecule has 1 aliphatic rings. The van der Waals surface area contributed by atoms with E-state index in [4.69, 9.17) is 4.74 Å². The Balaban J connectivity index is 1.83. The largest absolute Gasteiger partial charge is 0.451 e. The summed E-state index contributed by atoms with van der Waals surface area (Å²) in [4.78, 5) is 10.8. The Morgan fingerprint density at radius 1 is 1.31 bits per heavy atom. The molecular formula is C19H18F5N5O3. The molecular weight excluding hydrogens is 441 g/mol. The van der Waals surface area contributed by atoms with E-state index in [-0.39, 0.29) is 11.1 Å². The molecule has 0 saturated carbocycles. The lowest BCUT2D eigenvalue weighted by Crippen LogP contribution is -2.43. The molecule has 0 radical (unpaired) electrons. The number of aromatic nitrogens is 4. The highest BCUT2D eigenvalue weighted by molar-refractivity contribution is 5.83. The van der Waals surface area contributed by atoms with Gasteiger partial charge in [-0.05, 0) is 13.0 Å². The number of imidazole rings is 1. The van der Waals surface area contributed by atoms with Gasteiger partial charge in [-0.25, -0.2) is 23.7 Å². The van der Waals surface area contributed by atoms with Crippen molar-refractivity contribution in [2.75, 3.05) is 18.5 Å². The average Bonchev–Trinajstić information content (AvgIpc) is 3.30. The monoisotopic (exact) mass is 459 g/mol. The van der Waals surface area contributed by atoms with E-state index >= 15 is 4.39 Å². The Kier molecular flexibility index (Phi) is 5.51. The molecule has 0 aliphatic carbocycles. The second-order valence-corrected chi connectivity index (χ2v) is 7.36. The predicted molar refractivity (Wildman–Crippen MR) is 101 cm³/mol. The maximum absolute atomic E-state index is 15.6. The van der Waals surface area contributed by atoms with E-state index < -0.39 is 66.5 Å². The summed E-state index contributed by atoms with van der Waals surface area (Å²) >= 11 is 0. The number of nitrogens with one attached hydrogen (secondary N) is 1. The first kappa shape index (κ1) is 22.3. The number of fused-ring (bicyclic) bond motifs is 1. The second kappa shape index (κ2) is 7.90. The van der Waals surface area contributed by atoms with Crippen LogP contribution in [0, 0.1) is 5.82 Å². The van der Waals surface area contributed by atoms with E-state index in [0.29, 0.717) is 4.57 Å². The molecule has 8 nitrogen and oxygen atoms in total. The number of ether oxygens (including phenoxy) is 1. The van der Waals surface area contributed by atoms with Crippen molar-refractivity contribution in [2.24, 2.45) is 0 Å². The summed E-state index contributed by atoms with van der Waals surface area (Å²) in [5.74, 6) is -5.28. The third kappa shape index (κ3) is 3.65. The van der Waals surface area contributed by atoms with Crippen LogP contribution in [0.2, 0.25) is 0 Å². The fourth-order valence-corrected chi connectivity index (χ4v) is 3.56. The molecule has 4 atom stereocenters. The van der Waals surface area contributed by atoms with Gasteiger partial charge < -0.3 is 20.3 Å². The number of halogens is 5. The maximum Gasteiger partial charge on any atom is 0.451 e. The molecule has 32 heavy (non-hydrogen) atoms. The van der Waals surface area contributed by atoms with Crippen molar-refractivity contribution in [3.8, 4) is 0 Å². The number of aliphatic hydroxyl groups excluding tert-OH is 2. The van der Waals surface area contributed by atoms with Crippen LogP contribution in [0.25, 0.3) is 11.2 Å². The van der Waals surface area contributed by atoms with Crippen molar-refractivity contribution >= 4 is 17.0 Å². The summed E-state index contributed by atoms with van der Waals surface area (Å²) in [6.07, 6.45) is -7.28. The van der Waals surface area contributed by atoms with Crippen LogP contribution in [0.5, 0.6) is 0 Å². The summed E-state index contributed by atoms with van der Waals surface area (Å²) in [5, 5.41) is 22.1. The lowest BCUT2D eigenvalue weighted by Gasteiger charge is -2.25. The smallest absolute Gasteiger partial charge is 0.394 e. The first-order valence-electron chi connectivity index (χ1n) is 9.49. The molecule has 0 unspecified atom stereocenters. The zero-order chi connectivity index (χ0) is 23.3. The Hall–Kier alpha value is -2.90. The first-order chi connectivity index (χ1) is 15.1. The van der Waals surface area contributed by atoms with Crippen LogP contribution in [0.3, 0.4) is 0 Å². The molecule has 2 aromatic heterocycles. The molecule has 0 spiro atoms. The van der Waals surface area contributed by atoms with Crippen LogP contribution in [0.4, 0.5) is 27.8 Å². The van der Waals surface area contributed by atoms with E-state index in [9.17, 15) is 27.8 Å². The van der Waals surface area contributed by atoms with E-state index in [1.807, 2.05) is 0 Å². The number of alkyl halides is 4. The Labute approximate surface area is 177 Å². The second-order valence-electron chi connectivity index (χ2n) is 7.36. The molecule has 172 valence electrons. The van der Waals surface area contributed by atoms with Crippen LogP contribution in [-0.4, -0.2) is 55.2 Å². The van der Waals surface area contributed by atoms with Crippen molar-refractivity contribution in [1.82, 2.24) is 19.5 Å². The number of hydrogen-bond donors (Lipinski definition) is 3. The van der Waals surface area contributed by atoms with Crippen molar-refractivity contribution < 1.29 is 36.9 Å². The zero-order valence-electron chi connectivity index (χ0n) is 16.5. The van der Waals surface area contributed by atoms with E-state index in [1.54, 1.807) is 6.07 Å². The molecule has 3 aromatic rings. The van der Waals surface area contributed by atoms with Crippen LogP contribution in [0.15, 0.2) is 30.6 Å². The Morgan fingerprint density at radius 3 is 2.66 bits per heavy atom. The highest BCUT2D eigenvalue weighted by Gasteiger charge is 2.52. The van der Waals surface area contributed by atoms with Gasteiger partial charge in [0.05, 0.1) is 19.0 Å². The third-order valence-corrected chi connectivity index (χ3v) is 5.26. The number of hydrogen-bond acceptors (Lipinski definition) is 7. The molecule has 3 heterocycles. The highest BCUT2D eigenvalue weighted by Crippen LogP contribution is 2.38. The van der Waals surface area contributed by atoms with Crippen molar-refractivity contribution in [3.63, 3.8) is 0 Å². The van der Waals surface area contributed by atoms with Crippen molar-refractivity contribution in [1.29, 1.82) is 0 Å². The molecule has 3 N–H and O–H groups in total. The van der Waals surface area contributed by atoms with E-state index in [0.717, 1.165) is 6.33 Å². The summed E-state index contributed by atoms with van der Waals surface area (Å²) < 4.78 is 75.8. The van der Waals surface area contributed by atoms with E-state index in [2.05, 4.69) is 20.3 Å². The topological polar surface area (TPSA) is 105 Å². The molecule has 1 fully saturated rings. The normalized spacial score (nSPS) is 24.8. The number of nitrogens with zero attached hydrogens (tertiary/aromatic N) is 4. The molecule has 0 bridgehead atoms. The van der Waals surface area contributed by atoms with Gasteiger partial charge in [0.1, 0.15) is 24.6 Å². The Bertz CT molecular complexity index is 1140. The Morgan fingerprint density at radius 2 is 2.03 bits per heavy atom. The van der Waals surface area contributed by atoms with Gasteiger partial charge >= 0.3 is 6.18 Å². The summed E-state index contributed by atoms with van der Waals surface area (Å²) in [6, 6.07) is 4.86. The van der Waals surface area contributed by atoms with Gasteiger partial charge in [-0.1, -0.05) is 18.2 Å². The van der Waals surface area contributed by atoms with E-state index in [1.165, 1.54) is 25.1 Å². The minimum absolute atomic E-state index is 0.166. The number of anilines is 1. The number of benzene rings is 1. The van der Waals surface area contributed by atoms with Crippen molar-refractivity contribution in [3.05, 3.63) is 47.8 Å². The predicted octanol–water partition coefficient (Wildman–Crippen LogP) is 2.53. The zero-order valence-corrected chi connectivity index (χ0v) is 16.5. The maximum atomic E-state index is 15.6. The van der Waals surface area contributed by atoms with Crippen LogP contribution in [-0.2, 0) is 16.7 Å². The molecule has 1 aliphatic heterocycles. The third-order valence-electron chi connectivity index (χ3n) is 5.26. The van der Waals surface area contributed by atoms with Crippen molar-refractivity contribution in [2.45, 2.75) is 37.1 Å². The quantitative estimate of drug-likeness (QED) is 0.504. The minimum Gasteiger partial charge on any atom is -0.394 e. The van der Waals surface area contributed by atoms with Gasteiger partial charge in [0.15, 0.2) is 17.0 Å². The average molecular weight is 459 g/mol. The number of rotatable bonds is 5. The van der Waals surface area contributed by atoms with Gasteiger partial charge in [-0.3, -0.25) is 4.57 Å². The molecule has 1 saturated heterocycles. The lowest BCUT2D eigenvalue weighted by molar-refractivity contribution is -0.144. The van der Waals surface area contributed by atoms with Crippen LogP contribution >= 0.6 is 0 Å². The minimum atomic E-state index is -4.98. The van der Waals surface area contributed by atoms with Crippen LogP contribution < -0.4 is 5.32 Å². The van der Waals surface area contributed by atoms with Gasteiger partial charge in [-0.2, -0.15) is 13.2 Å². The molecule has 0 amide bonds. The molecule has 1 aromatic carbocycles. The first-order valence-corrected chi connectivity index (χ1v) is 9.49. The van der Waals surface area contributed by atoms with Gasteiger partial charge in [0.25, 0.3) is 0 Å². The fourth-order valence-electron chi connectivity index (χ4n) is 3.56. The lowest BCUT2D eigenvalue weighted by atomic mass is 10.1. The molecule has 13 heteroatoms. The summed E-state index contributed by atoms with van der Waals surface area (Å²) in [6.45, 7) is 0.0630. The number of aliphatic hydroxyl groups is 2. The van der Waals surface area contributed by atoms with Gasteiger partial charge in [0.2, 0.25) is 11.6 Å². The SMILES string of the molecule is C[C@@H](Nc1nc(C(F)(F)F)nc2c1ncn2[C@]1(F)CO[C@H](CO)[C@H]1O)c1ccccc1F. The van der Waals surface area contributed by atoms with Gasteiger partial charge in [0, 0.05) is 5.56 Å². The molecule has 4 rings (SSSR count). The summed E-state index contributed by atoms with van der Waals surface area (Å²) in [7, 11) is 0. The van der Waals surface area contributed by atoms with Crippen LogP contribution in [0.1, 0.15) is 24.4 Å². The van der Waals surface area contributed by atoms with Gasteiger partial charge in [-0.15, -0.1) is 0 Å². The summed E-state index contributed by atoms with van der Waals surface area (Å²) in [5.41, 5.74) is -0.614. The standard InChI is InChI=1S/C19H18F5N5O3/c1-9(10-4-2-3-5-11(10)20)26-15-13-16(28-17(27-15)19(22,23)24)29(8-25-13)18(21)7-32-12(6-30)14(18)31/h2-5,8-9,12,14,30-31H,6-7H2,1H3,(H,26,27,28)/t9-,12-,14-,18-/m1/s1. The fraction of sp³-hybridized carbons (Fsp3) is 0.421.